The Morgan fingerprint density at radius 1 is 1.35 bits per heavy atom. The zero-order valence-corrected chi connectivity index (χ0v) is 11.6. The van der Waals surface area contributed by atoms with Crippen LogP contribution in [-0.2, 0) is 6.42 Å². The first kappa shape index (κ1) is 16.7. The standard InChI is InChI=1S/C12H17F2NS.ClH/c1-3-15-11(8-16-2)6-9-4-5-10(13)7-12(9)14;/h4-5,7,11,15H,3,6,8H2,1-2H3;1H. The second kappa shape index (κ2) is 8.72. The van der Waals surface area contributed by atoms with E-state index in [0.717, 1.165) is 18.4 Å². The highest BCUT2D eigenvalue weighted by molar-refractivity contribution is 7.98. The number of halogens is 3. The summed E-state index contributed by atoms with van der Waals surface area (Å²) < 4.78 is 26.1. The van der Waals surface area contributed by atoms with Gasteiger partial charge < -0.3 is 5.32 Å². The number of likely N-dealkylation sites (N-methyl/N-ethyl adjacent to an activating group) is 1. The molecule has 1 atom stereocenters. The summed E-state index contributed by atoms with van der Waals surface area (Å²) in [6.07, 6.45) is 2.62. The molecule has 0 aliphatic heterocycles. The van der Waals surface area contributed by atoms with E-state index in [2.05, 4.69) is 5.32 Å². The Hall–Kier alpha value is -0.320. The highest BCUT2D eigenvalue weighted by Crippen LogP contribution is 2.13. The molecule has 0 bridgehead atoms. The fourth-order valence-corrected chi connectivity index (χ4v) is 2.27. The zero-order valence-electron chi connectivity index (χ0n) is 10.0. The minimum absolute atomic E-state index is 0. The number of hydrogen-bond donors (Lipinski definition) is 1. The second-order valence-electron chi connectivity index (χ2n) is 3.65. The molecule has 1 aromatic rings. The van der Waals surface area contributed by atoms with E-state index in [9.17, 15) is 8.78 Å². The maximum absolute atomic E-state index is 13.4. The summed E-state index contributed by atoms with van der Waals surface area (Å²) in [6, 6.07) is 4.01. The maximum Gasteiger partial charge on any atom is 0.129 e. The average Bonchev–Trinajstić information content (AvgIpc) is 2.23. The molecule has 0 radical (unpaired) electrons. The predicted molar refractivity (Wildman–Crippen MR) is 73.2 cm³/mol. The Balaban J connectivity index is 0.00000256. The van der Waals surface area contributed by atoms with E-state index in [1.54, 1.807) is 11.8 Å². The summed E-state index contributed by atoms with van der Waals surface area (Å²) in [6.45, 7) is 2.88. The third kappa shape index (κ3) is 5.70. The summed E-state index contributed by atoms with van der Waals surface area (Å²) in [5.41, 5.74) is 0.571. The van der Waals surface area contributed by atoms with Crippen molar-refractivity contribution in [3.8, 4) is 0 Å². The third-order valence-corrected chi connectivity index (χ3v) is 3.08. The van der Waals surface area contributed by atoms with Gasteiger partial charge in [-0.2, -0.15) is 11.8 Å². The van der Waals surface area contributed by atoms with Crippen molar-refractivity contribution in [1.29, 1.82) is 0 Å². The van der Waals surface area contributed by atoms with Gasteiger partial charge in [0, 0.05) is 17.9 Å². The lowest BCUT2D eigenvalue weighted by Gasteiger charge is -2.17. The molecule has 0 aromatic heterocycles. The van der Waals surface area contributed by atoms with E-state index in [1.165, 1.54) is 12.1 Å². The maximum atomic E-state index is 13.4. The molecule has 0 aliphatic rings. The molecule has 17 heavy (non-hydrogen) atoms. The molecule has 1 aromatic carbocycles. The van der Waals surface area contributed by atoms with Crippen LogP contribution in [0.25, 0.3) is 0 Å². The molecule has 98 valence electrons. The molecule has 0 heterocycles. The van der Waals surface area contributed by atoms with Crippen LogP contribution in [0.3, 0.4) is 0 Å². The van der Waals surface area contributed by atoms with E-state index in [0.29, 0.717) is 12.0 Å². The Morgan fingerprint density at radius 3 is 2.59 bits per heavy atom. The average molecular weight is 282 g/mol. The van der Waals surface area contributed by atoms with Gasteiger partial charge >= 0.3 is 0 Å². The molecule has 5 heteroatoms. The van der Waals surface area contributed by atoms with Gasteiger partial charge in [0.25, 0.3) is 0 Å². The molecule has 0 fully saturated rings. The van der Waals surface area contributed by atoms with Crippen LogP contribution in [0.5, 0.6) is 0 Å². The lowest BCUT2D eigenvalue weighted by atomic mass is 10.1. The largest absolute Gasteiger partial charge is 0.313 e. The molecule has 1 unspecified atom stereocenters. The summed E-state index contributed by atoms with van der Waals surface area (Å²) in [7, 11) is 0. The normalized spacial score (nSPS) is 12.0. The molecule has 0 amide bonds. The topological polar surface area (TPSA) is 12.0 Å². The first-order valence-electron chi connectivity index (χ1n) is 5.33. The Bertz CT molecular complexity index is 330. The van der Waals surface area contributed by atoms with Gasteiger partial charge in [-0.25, -0.2) is 8.78 Å². The van der Waals surface area contributed by atoms with Gasteiger partial charge in [0.2, 0.25) is 0 Å². The second-order valence-corrected chi connectivity index (χ2v) is 4.56. The lowest BCUT2D eigenvalue weighted by Crippen LogP contribution is -2.33. The highest BCUT2D eigenvalue weighted by atomic mass is 35.5. The van der Waals surface area contributed by atoms with Crippen molar-refractivity contribution in [2.75, 3.05) is 18.6 Å². The van der Waals surface area contributed by atoms with Gasteiger partial charge in [0.05, 0.1) is 0 Å². The Kier molecular flexibility index (Phi) is 8.56. The quantitative estimate of drug-likeness (QED) is 0.859. The monoisotopic (exact) mass is 281 g/mol. The number of rotatable bonds is 6. The van der Waals surface area contributed by atoms with Gasteiger partial charge in [0.1, 0.15) is 11.6 Å². The molecule has 0 aliphatic carbocycles. The lowest BCUT2D eigenvalue weighted by molar-refractivity contribution is 0.535. The van der Waals surface area contributed by atoms with Crippen LogP contribution in [0.1, 0.15) is 12.5 Å². The molecule has 1 rings (SSSR count). The number of thioether (sulfide) groups is 1. The molecular weight excluding hydrogens is 264 g/mol. The van der Waals surface area contributed by atoms with E-state index < -0.39 is 11.6 Å². The fraction of sp³-hybridized carbons (Fsp3) is 0.500. The predicted octanol–water partition coefficient (Wildman–Crippen LogP) is 3.27. The van der Waals surface area contributed by atoms with Crippen molar-refractivity contribution in [2.45, 2.75) is 19.4 Å². The number of nitrogens with one attached hydrogen (secondary N) is 1. The minimum Gasteiger partial charge on any atom is -0.313 e. The fourth-order valence-electron chi connectivity index (χ4n) is 1.63. The SMILES string of the molecule is CCNC(CSC)Cc1ccc(F)cc1F.Cl. The van der Waals surface area contributed by atoms with E-state index in [1.807, 2.05) is 13.2 Å². The van der Waals surface area contributed by atoms with Crippen LogP contribution in [-0.4, -0.2) is 24.6 Å². The Labute approximate surface area is 112 Å². The van der Waals surface area contributed by atoms with Crippen molar-refractivity contribution < 1.29 is 8.78 Å². The van der Waals surface area contributed by atoms with Gasteiger partial charge in [-0.1, -0.05) is 13.0 Å². The summed E-state index contributed by atoms with van der Waals surface area (Å²) >= 11 is 1.72. The van der Waals surface area contributed by atoms with E-state index in [4.69, 9.17) is 0 Å². The van der Waals surface area contributed by atoms with Gasteiger partial charge in [-0.15, -0.1) is 12.4 Å². The molecule has 1 nitrogen and oxygen atoms in total. The number of hydrogen-bond acceptors (Lipinski definition) is 2. The smallest absolute Gasteiger partial charge is 0.129 e. The molecule has 0 saturated heterocycles. The summed E-state index contributed by atoms with van der Waals surface area (Å²) in [5.74, 6) is -0.0555. The van der Waals surface area contributed by atoms with E-state index >= 15 is 0 Å². The molecule has 1 N–H and O–H groups in total. The van der Waals surface area contributed by atoms with E-state index in [-0.39, 0.29) is 18.4 Å². The molecule has 0 spiro atoms. The molecular formula is C12H18ClF2NS. The minimum atomic E-state index is -0.522. The van der Waals surface area contributed by atoms with Gasteiger partial charge in [0.15, 0.2) is 0 Å². The zero-order chi connectivity index (χ0) is 12.0. The van der Waals surface area contributed by atoms with Crippen LogP contribution < -0.4 is 5.32 Å². The van der Waals surface area contributed by atoms with Crippen LogP contribution in [0.4, 0.5) is 8.78 Å². The Morgan fingerprint density at radius 2 is 2.06 bits per heavy atom. The van der Waals surface area contributed by atoms with Crippen LogP contribution in [0.15, 0.2) is 18.2 Å². The number of benzene rings is 1. The van der Waals surface area contributed by atoms with Crippen molar-refractivity contribution >= 4 is 24.2 Å². The highest BCUT2D eigenvalue weighted by Gasteiger charge is 2.11. The van der Waals surface area contributed by atoms with Crippen LogP contribution in [0, 0.1) is 11.6 Å². The van der Waals surface area contributed by atoms with Crippen molar-refractivity contribution in [3.05, 3.63) is 35.4 Å². The van der Waals surface area contributed by atoms with Crippen molar-refractivity contribution in [2.24, 2.45) is 0 Å². The first-order chi connectivity index (χ1) is 7.67. The van der Waals surface area contributed by atoms with Crippen molar-refractivity contribution in [3.63, 3.8) is 0 Å². The van der Waals surface area contributed by atoms with Gasteiger partial charge in [-0.3, -0.25) is 0 Å². The third-order valence-electron chi connectivity index (χ3n) is 2.34. The van der Waals surface area contributed by atoms with Crippen molar-refractivity contribution in [1.82, 2.24) is 5.32 Å². The summed E-state index contributed by atoms with van der Waals surface area (Å²) in [4.78, 5) is 0. The first-order valence-corrected chi connectivity index (χ1v) is 6.73. The van der Waals surface area contributed by atoms with Gasteiger partial charge in [-0.05, 0) is 30.9 Å². The molecule has 0 saturated carbocycles. The summed E-state index contributed by atoms with van der Waals surface area (Å²) in [5, 5.41) is 3.29. The van der Waals surface area contributed by atoms with Crippen LogP contribution >= 0.6 is 24.2 Å². The van der Waals surface area contributed by atoms with Crippen LogP contribution in [0.2, 0.25) is 0 Å².